The lowest BCUT2D eigenvalue weighted by Crippen LogP contribution is -2.39. The molecule has 0 atom stereocenters. The Morgan fingerprint density at radius 3 is 2.17 bits per heavy atom. The van der Waals surface area contributed by atoms with Gasteiger partial charge in [0.2, 0.25) is 5.91 Å². The molecule has 0 aliphatic rings. The van der Waals surface area contributed by atoms with E-state index in [0.29, 0.717) is 5.56 Å². The molecule has 0 bridgehead atoms. The van der Waals surface area contributed by atoms with Gasteiger partial charge in [0.05, 0.1) is 6.54 Å². The van der Waals surface area contributed by atoms with Crippen molar-refractivity contribution in [1.29, 1.82) is 0 Å². The topological polar surface area (TPSA) is 105 Å². The first kappa shape index (κ1) is 21.6. The Morgan fingerprint density at radius 2 is 1.55 bits per heavy atom. The summed E-state index contributed by atoms with van der Waals surface area (Å²) in [5, 5.41) is 4.84. The summed E-state index contributed by atoms with van der Waals surface area (Å²) in [4.78, 5) is 48.0. The average molecular weight is 397 g/mol. The Bertz CT molecular complexity index is 866. The highest BCUT2D eigenvalue weighted by Gasteiger charge is 2.15. The van der Waals surface area contributed by atoms with E-state index in [0.717, 1.165) is 16.0 Å². The Labute approximate surface area is 168 Å². The maximum atomic E-state index is 12.2. The van der Waals surface area contributed by atoms with Gasteiger partial charge in [-0.05, 0) is 23.3 Å². The van der Waals surface area contributed by atoms with Crippen LogP contribution in [0.3, 0.4) is 0 Å². The third kappa shape index (κ3) is 6.76. The van der Waals surface area contributed by atoms with Gasteiger partial charge in [-0.3, -0.25) is 19.2 Å². The van der Waals surface area contributed by atoms with Gasteiger partial charge in [-0.15, -0.1) is 0 Å². The molecule has 0 unspecified atom stereocenters. The summed E-state index contributed by atoms with van der Waals surface area (Å²) in [6.07, 6.45) is 0. The molecule has 0 aliphatic carbocycles. The van der Waals surface area contributed by atoms with Gasteiger partial charge in [0, 0.05) is 19.7 Å². The van der Waals surface area contributed by atoms with Crippen LogP contribution in [0.1, 0.15) is 10.4 Å². The second-order valence-corrected chi connectivity index (χ2v) is 6.21. The number of nitrogens with zero attached hydrogens (tertiary/aromatic N) is 1. The quantitative estimate of drug-likeness (QED) is 0.642. The smallest absolute Gasteiger partial charge is 0.325 e. The van der Waals surface area contributed by atoms with Crippen LogP contribution in [-0.4, -0.2) is 62.4 Å². The standard InChI is InChI=1S/C21H23N3O5/c1-22-18(25)13-24(2)19(26)14-29-20(27)12-23-21(28)17-10-8-16(9-11-17)15-6-4-3-5-7-15/h3-11H,12-14H2,1-2H3,(H,22,25)(H,23,28). The number of carbonyl (C=O) groups is 4. The Balaban J connectivity index is 1.77. The van der Waals surface area contributed by atoms with E-state index in [1.807, 2.05) is 42.5 Å². The largest absolute Gasteiger partial charge is 0.454 e. The molecule has 8 nitrogen and oxygen atoms in total. The van der Waals surface area contributed by atoms with Crippen molar-refractivity contribution in [1.82, 2.24) is 15.5 Å². The molecular weight excluding hydrogens is 374 g/mol. The Kier molecular flexibility index (Phi) is 7.90. The van der Waals surface area contributed by atoms with Gasteiger partial charge in [0.1, 0.15) is 6.54 Å². The summed E-state index contributed by atoms with van der Waals surface area (Å²) in [6.45, 7) is -1.01. The number of benzene rings is 2. The maximum Gasteiger partial charge on any atom is 0.325 e. The molecule has 0 heterocycles. The van der Waals surface area contributed by atoms with Gasteiger partial charge in [-0.2, -0.15) is 0 Å². The first-order chi connectivity index (χ1) is 13.9. The molecule has 0 saturated carbocycles. The molecule has 152 valence electrons. The van der Waals surface area contributed by atoms with Crippen LogP contribution in [0, 0.1) is 0 Å². The van der Waals surface area contributed by atoms with Gasteiger partial charge >= 0.3 is 5.97 Å². The second kappa shape index (κ2) is 10.6. The molecule has 3 amide bonds. The molecule has 2 aromatic carbocycles. The van der Waals surface area contributed by atoms with E-state index in [4.69, 9.17) is 4.74 Å². The number of ether oxygens (including phenoxy) is 1. The van der Waals surface area contributed by atoms with Gasteiger partial charge in [0.15, 0.2) is 6.61 Å². The van der Waals surface area contributed by atoms with Crippen LogP contribution in [0.5, 0.6) is 0 Å². The maximum absolute atomic E-state index is 12.2. The van der Waals surface area contributed by atoms with E-state index in [2.05, 4.69) is 10.6 Å². The molecule has 0 saturated heterocycles. The highest BCUT2D eigenvalue weighted by Crippen LogP contribution is 2.19. The zero-order chi connectivity index (χ0) is 21.2. The lowest BCUT2D eigenvalue weighted by Gasteiger charge is -2.16. The third-order valence-corrected chi connectivity index (χ3v) is 4.09. The lowest BCUT2D eigenvalue weighted by atomic mass is 10.0. The zero-order valence-electron chi connectivity index (χ0n) is 16.3. The number of rotatable bonds is 8. The first-order valence-corrected chi connectivity index (χ1v) is 8.94. The molecule has 2 aromatic rings. The van der Waals surface area contributed by atoms with Gasteiger partial charge in [-0.1, -0.05) is 42.5 Å². The summed E-state index contributed by atoms with van der Waals surface area (Å²) < 4.78 is 4.83. The molecular formula is C21H23N3O5. The number of carbonyl (C=O) groups excluding carboxylic acids is 4. The van der Waals surface area contributed by atoms with Crippen molar-refractivity contribution in [2.75, 3.05) is 33.8 Å². The minimum Gasteiger partial charge on any atom is -0.454 e. The average Bonchev–Trinajstić information content (AvgIpc) is 2.76. The van der Waals surface area contributed by atoms with Crippen molar-refractivity contribution in [2.24, 2.45) is 0 Å². The summed E-state index contributed by atoms with van der Waals surface area (Å²) in [7, 11) is 2.88. The SMILES string of the molecule is CNC(=O)CN(C)C(=O)COC(=O)CNC(=O)c1ccc(-c2ccccc2)cc1. The number of likely N-dealkylation sites (N-methyl/N-ethyl adjacent to an activating group) is 2. The summed E-state index contributed by atoms with van der Waals surface area (Å²) >= 11 is 0. The number of hydrogen-bond acceptors (Lipinski definition) is 5. The molecule has 0 fully saturated rings. The highest BCUT2D eigenvalue weighted by atomic mass is 16.5. The predicted octanol–water partition coefficient (Wildman–Crippen LogP) is 0.831. The normalized spacial score (nSPS) is 10.0. The molecule has 2 N–H and O–H groups in total. The van der Waals surface area contributed by atoms with Crippen molar-refractivity contribution < 1.29 is 23.9 Å². The van der Waals surface area contributed by atoms with Gasteiger partial charge < -0.3 is 20.3 Å². The van der Waals surface area contributed by atoms with Crippen LogP contribution in [0.15, 0.2) is 54.6 Å². The lowest BCUT2D eigenvalue weighted by molar-refractivity contribution is -0.151. The minimum atomic E-state index is -0.749. The fourth-order valence-corrected chi connectivity index (χ4v) is 2.39. The highest BCUT2D eigenvalue weighted by molar-refractivity contribution is 5.96. The zero-order valence-corrected chi connectivity index (χ0v) is 16.3. The number of nitrogens with one attached hydrogen (secondary N) is 2. The molecule has 0 spiro atoms. The Hall–Kier alpha value is -3.68. The molecule has 29 heavy (non-hydrogen) atoms. The number of hydrogen-bond donors (Lipinski definition) is 2. The van der Waals surface area contributed by atoms with Crippen LogP contribution >= 0.6 is 0 Å². The monoisotopic (exact) mass is 397 g/mol. The predicted molar refractivity (Wildman–Crippen MR) is 107 cm³/mol. The van der Waals surface area contributed by atoms with Crippen molar-refractivity contribution in [2.45, 2.75) is 0 Å². The minimum absolute atomic E-state index is 0.136. The van der Waals surface area contributed by atoms with Crippen LogP contribution < -0.4 is 10.6 Å². The van der Waals surface area contributed by atoms with E-state index in [1.165, 1.54) is 14.1 Å². The first-order valence-electron chi connectivity index (χ1n) is 8.94. The molecule has 2 rings (SSSR count). The van der Waals surface area contributed by atoms with Crippen LogP contribution in [0.4, 0.5) is 0 Å². The van der Waals surface area contributed by atoms with E-state index in [-0.39, 0.29) is 19.0 Å². The third-order valence-electron chi connectivity index (χ3n) is 4.09. The van der Waals surface area contributed by atoms with Crippen molar-refractivity contribution in [3.05, 3.63) is 60.2 Å². The van der Waals surface area contributed by atoms with Crippen LogP contribution in [0.25, 0.3) is 11.1 Å². The molecule has 8 heteroatoms. The second-order valence-electron chi connectivity index (χ2n) is 6.21. The van der Waals surface area contributed by atoms with Crippen molar-refractivity contribution >= 4 is 23.7 Å². The van der Waals surface area contributed by atoms with E-state index in [9.17, 15) is 19.2 Å². The summed E-state index contributed by atoms with van der Waals surface area (Å²) in [6, 6.07) is 16.7. The molecule has 0 aliphatic heterocycles. The van der Waals surface area contributed by atoms with Crippen molar-refractivity contribution in [3.63, 3.8) is 0 Å². The summed E-state index contributed by atoms with van der Waals surface area (Å²) in [5.41, 5.74) is 2.41. The number of esters is 1. The molecule has 0 aromatic heterocycles. The van der Waals surface area contributed by atoms with Gasteiger partial charge in [0.25, 0.3) is 11.8 Å². The Morgan fingerprint density at radius 1 is 0.931 bits per heavy atom. The summed E-state index contributed by atoms with van der Waals surface area (Å²) in [5.74, 6) is -2.03. The van der Waals surface area contributed by atoms with Crippen LogP contribution in [0.2, 0.25) is 0 Å². The fraction of sp³-hybridized carbons (Fsp3) is 0.238. The van der Waals surface area contributed by atoms with E-state index >= 15 is 0 Å². The van der Waals surface area contributed by atoms with Crippen molar-refractivity contribution in [3.8, 4) is 11.1 Å². The number of amides is 3. The fourth-order valence-electron chi connectivity index (χ4n) is 2.39. The van der Waals surface area contributed by atoms with Gasteiger partial charge in [-0.25, -0.2) is 0 Å². The van der Waals surface area contributed by atoms with E-state index in [1.54, 1.807) is 12.1 Å². The van der Waals surface area contributed by atoms with Crippen LogP contribution in [-0.2, 0) is 19.1 Å². The molecule has 0 radical (unpaired) electrons. The van der Waals surface area contributed by atoms with E-state index < -0.39 is 24.4 Å².